The van der Waals surface area contributed by atoms with E-state index in [1.807, 2.05) is 6.07 Å². The lowest BCUT2D eigenvalue weighted by molar-refractivity contribution is 1.42. The molecule has 0 radical (unpaired) electrons. The third-order valence-electron chi connectivity index (χ3n) is 2.21. The molecular formula is C11H9NS. The fourth-order valence-electron chi connectivity index (χ4n) is 1.60. The number of benzene rings is 1. The van der Waals surface area contributed by atoms with Gasteiger partial charge in [0.15, 0.2) is 0 Å². The SMILES string of the molecule is C1=CS2(C=C1)C=c1ccccc1=N2. The molecule has 1 aromatic carbocycles. The molecule has 2 aliphatic rings. The molecule has 0 bridgehead atoms. The van der Waals surface area contributed by atoms with E-state index in [0.717, 1.165) is 5.36 Å². The van der Waals surface area contributed by atoms with Crippen LogP contribution in [0.5, 0.6) is 0 Å². The van der Waals surface area contributed by atoms with Crippen LogP contribution in [0.15, 0.2) is 51.6 Å². The summed E-state index contributed by atoms with van der Waals surface area (Å²) in [4.78, 5) is 0. The van der Waals surface area contributed by atoms with Gasteiger partial charge in [0, 0.05) is 5.22 Å². The molecule has 0 aromatic heterocycles. The lowest BCUT2D eigenvalue weighted by Gasteiger charge is -2.17. The van der Waals surface area contributed by atoms with Gasteiger partial charge in [0.25, 0.3) is 0 Å². The number of hydrogen-bond acceptors (Lipinski definition) is 1. The van der Waals surface area contributed by atoms with Crippen LogP contribution in [0.3, 0.4) is 0 Å². The van der Waals surface area contributed by atoms with Crippen molar-refractivity contribution in [3.05, 3.63) is 57.8 Å². The summed E-state index contributed by atoms with van der Waals surface area (Å²) in [5.41, 5.74) is 0. The number of rotatable bonds is 0. The molecule has 13 heavy (non-hydrogen) atoms. The summed E-state index contributed by atoms with van der Waals surface area (Å²) in [6, 6.07) is 8.30. The molecule has 3 rings (SSSR count). The fraction of sp³-hybridized carbons (Fsp3) is 0. The first-order valence-electron chi connectivity index (χ1n) is 4.23. The minimum Gasteiger partial charge on any atom is -0.226 e. The van der Waals surface area contributed by atoms with Crippen LogP contribution in [0.4, 0.5) is 0 Å². The van der Waals surface area contributed by atoms with Crippen LogP contribution in [-0.4, -0.2) is 0 Å². The number of allylic oxidation sites excluding steroid dienone is 2. The van der Waals surface area contributed by atoms with Crippen molar-refractivity contribution < 1.29 is 0 Å². The number of fused-ring (bicyclic) bond motifs is 1. The van der Waals surface area contributed by atoms with E-state index in [0.29, 0.717) is 0 Å². The predicted octanol–water partition coefficient (Wildman–Crippen LogP) is 1.82. The van der Waals surface area contributed by atoms with Crippen molar-refractivity contribution in [1.29, 1.82) is 0 Å². The molecule has 2 heterocycles. The topological polar surface area (TPSA) is 12.4 Å². The van der Waals surface area contributed by atoms with Gasteiger partial charge >= 0.3 is 0 Å². The van der Waals surface area contributed by atoms with E-state index in [1.54, 1.807) is 0 Å². The van der Waals surface area contributed by atoms with Crippen molar-refractivity contribution in [2.24, 2.45) is 4.40 Å². The molecule has 0 N–H and O–H groups in total. The maximum Gasteiger partial charge on any atom is 0.0782 e. The van der Waals surface area contributed by atoms with Crippen molar-refractivity contribution >= 4 is 15.6 Å². The normalized spacial score (nSPS) is 22.5. The monoisotopic (exact) mass is 187 g/mol. The predicted molar refractivity (Wildman–Crippen MR) is 57.6 cm³/mol. The second kappa shape index (κ2) is 2.36. The number of nitrogens with zero attached hydrogens (tertiary/aromatic N) is 1. The molecule has 0 aliphatic carbocycles. The lowest BCUT2D eigenvalue weighted by Crippen LogP contribution is -2.19. The first kappa shape index (κ1) is 7.15. The van der Waals surface area contributed by atoms with E-state index in [4.69, 9.17) is 4.40 Å². The van der Waals surface area contributed by atoms with E-state index in [2.05, 4.69) is 46.6 Å². The van der Waals surface area contributed by atoms with Crippen LogP contribution in [0.1, 0.15) is 0 Å². The minimum atomic E-state index is -1.05. The van der Waals surface area contributed by atoms with E-state index in [-0.39, 0.29) is 0 Å². The van der Waals surface area contributed by atoms with E-state index < -0.39 is 10.2 Å². The Hall–Kier alpha value is -1.28. The summed E-state index contributed by atoms with van der Waals surface area (Å²) in [5.74, 6) is 0. The average molecular weight is 187 g/mol. The van der Waals surface area contributed by atoms with Crippen LogP contribution in [0.2, 0.25) is 0 Å². The Balaban J connectivity index is 2.35. The lowest BCUT2D eigenvalue weighted by atomic mass is 10.3. The second-order valence-corrected chi connectivity index (χ2v) is 5.56. The van der Waals surface area contributed by atoms with Crippen LogP contribution in [0, 0.1) is 0 Å². The largest absolute Gasteiger partial charge is 0.226 e. The summed E-state index contributed by atoms with van der Waals surface area (Å²) in [6.45, 7) is 0. The molecule has 64 valence electrons. The smallest absolute Gasteiger partial charge is 0.0782 e. The van der Waals surface area contributed by atoms with Crippen molar-refractivity contribution in [3.63, 3.8) is 0 Å². The molecule has 0 saturated carbocycles. The van der Waals surface area contributed by atoms with Gasteiger partial charge in [0.05, 0.1) is 5.36 Å². The maximum atomic E-state index is 4.74. The Morgan fingerprint density at radius 3 is 2.54 bits per heavy atom. The zero-order valence-electron chi connectivity index (χ0n) is 7.05. The third-order valence-corrected chi connectivity index (χ3v) is 4.54. The van der Waals surface area contributed by atoms with E-state index in [1.165, 1.54) is 5.22 Å². The molecule has 0 unspecified atom stereocenters. The van der Waals surface area contributed by atoms with Crippen LogP contribution in [0.25, 0.3) is 5.41 Å². The summed E-state index contributed by atoms with van der Waals surface area (Å²) in [5, 5.41) is 9.09. The molecule has 0 saturated heterocycles. The Labute approximate surface area is 78.3 Å². The van der Waals surface area contributed by atoms with Gasteiger partial charge < -0.3 is 0 Å². The summed E-state index contributed by atoms with van der Waals surface area (Å²) < 4.78 is 4.74. The van der Waals surface area contributed by atoms with Gasteiger partial charge in [0.1, 0.15) is 0 Å². The van der Waals surface area contributed by atoms with Gasteiger partial charge in [-0.2, -0.15) is 0 Å². The highest BCUT2D eigenvalue weighted by atomic mass is 32.3. The highest BCUT2D eigenvalue weighted by Gasteiger charge is 2.18. The quantitative estimate of drug-likeness (QED) is 0.587. The fourth-order valence-corrected chi connectivity index (χ4v) is 3.82. The first-order chi connectivity index (χ1) is 6.38. The van der Waals surface area contributed by atoms with Crippen LogP contribution < -0.4 is 10.6 Å². The molecule has 2 heteroatoms. The molecule has 1 spiro atoms. The third kappa shape index (κ3) is 0.988. The molecule has 0 fully saturated rings. The summed E-state index contributed by atoms with van der Waals surface area (Å²) in [7, 11) is -1.05. The zero-order valence-corrected chi connectivity index (χ0v) is 7.87. The summed E-state index contributed by atoms with van der Waals surface area (Å²) in [6.07, 6.45) is 4.17. The van der Waals surface area contributed by atoms with Gasteiger partial charge in [0.2, 0.25) is 0 Å². The Morgan fingerprint density at radius 1 is 1.00 bits per heavy atom. The standard InChI is InChI=1S/C11H9NS/c1-2-6-11-10(5-1)9-13(12-11)7-3-4-8-13/h1-9H. The van der Waals surface area contributed by atoms with Crippen molar-refractivity contribution in [1.82, 2.24) is 0 Å². The highest BCUT2D eigenvalue weighted by Crippen LogP contribution is 2.57. The molecule has 1 aromatic rings. The molecule has 1 nitrogen and oxygen atoms in total. The van der Waals surface area contributed by atoms with E-state index >= 15 is 0 Å². The second-order valence-electron chi connectivity index (χ2n) is 3.15. The molecular weight excluding hydrogens is 178 g/mol. The maximum absolute atomic E-state index is 4.74. The van der Waals surface area contributed by atoms with Gasteiger partial charge in [-0.3, -0.25) is 0 Å². The van der Waals surface area contributed by atoms with Gasteiger partial charge in [-0.25, -0.2) is 4.40 Å². The highest BCUT2D eigenvalue weighted by molar-refractivity contribution is 8.43. The Bertz CT molecular complexity index is 476. The zero-order chi connectivity index (χ0) is 8.73. The molecule has 0 amide bonds. The van der Waals surface area contributed by atoms with Crippen LogP contribution >= 0.6 is 10.2 Å². The first-order valence-corrected chi connectivity index (χ1v) is 6.01. The van der Waals surface area contributed by atoms with Crippen molar-refractivity contribution in [3.8, 4) is 0 Å². The Morgan fingerprint density at radius 2 is 1.77 bits per heavy atom. The minimum absolute atomic E-state index is 1.05. The average Bonchev–Trinajstić information content (AvgIpc) is 2.72. The molecule has 2 aliphatic heterocycles. The van der Waals surface area contributed by atoms with E-state index in [9.17, 15) is 0 Å². The van der Waals surface area contributed by atoms with Crippen molar-refractivity contribution in [2.75, 3.05) is 0 Å². The molecule has 0 atom stereocenters. The Kier molecular flexibility index (Phi) is 1.30. The van der Waals surface area contributed by atoms with Crippen molar-refractivity contribution in [2.45, 2.75) is 0 Å². The number of hydrogen-bond donors (Lipinski definition) is 0. The van der Waals surface area contributed by atoms with Gasteiger partial charge in [-0.1, -0.05) is 40.6 Å². The van der Waals surface area contributed by atoms with Gasteiger partial charge in [-0.05, 0) is 22.3 Å². The summed E-state index contributed by atoms with van der Waals surface area (Å²) >= 11 is 0. The van der Waals surface area contributed by atoms with Crippen LogP contribution in [-0.2, 0) is 0 Å². The van der Waals surface area contributed by atoms with Gasteiger partial charge in [-0.15, -0.1) is 0 Å².